The van der Waals surface area contributed by atoms with Gasteiger partial charge in [0.1, 0.15) is 11.6 Å². The van der Waals surface area contributed by atoms with E-state index in [0.717, 1.165) is 12.1 Å². The number of rotatable bonds is 2. The molecule has 2 rings (SSSR count). The van der Waals surface area contributed by atoms with Crippen LogP contribution in [0.25, 0.3) is 0 Å². The van der Waals surface area contributed by atoms with E-state index in [1.54, 1.807) is 6.92 Å². The summed E-state index contributed by atoms with van der Waals surface area (Å²) in [5.74, 6) is -2.07. The van der Waals surface area contributed by atoms with E-state index in [1.807, 2.05) is 0 Å². The Bertz CT molecular complexity index is 616. The van der Waals surface area contributed by atoms with Crippen LogP contribution in [0, 0.1) is 11.6 Å². The Kier molecular flexibility index (Phi) is 3.99. The Hall–Kier alpha value is -2.02. The summed E-state index contributed by atoms with van der Waals surface area (Å²) in [4.78, 5) is 11.8. The van der Waals surface area contributed by atoms with Gasteiger partial charge in [-0.25, -0.2) is 13.6 Å². The molecule has 0 saturated heterocycles. The van der Waals surface area contributed by atoms with Crippen molar-refractivity contribution in [1.82, 2.24) is 10.6 Å². The number of benzene rings is 1. The highest BCUT2D eigenvalue weighted by Crippen LogP contribution is 2.29. The van der Waals surface area contributed by atoms with Gasteiger partial charge in [-0.05, 0) is 25.2 Å². The maximum absolute atomic E-state index is 13.9. The van der Waals surface area contributed by atoms with Gasteiger partial charge < -0.3 is 15.4 Å². The molecule has 0 bridgehead atoms. The zero-order valence-electron chi connectivity index (χ0n) is 10.8. The molecule has 1 aliphatic heterocycles. The molecule has 0 spiro atoms. The van der Waals surface area contributed by atoms with Gasteiger partial charge in [-0.3, -0.25) is 0 Å². The van der Waals surface area contributed by atoms with Crippen molar-refractivity contribution in [3.8, 4) is 0 Å². The molecule has 0 radical (unpaired) electrons. The molecule has 0 aliphatic carbocycles. The van der Waals surface area contributed by atoms with E-state index in [-0.39, 0.29) is 16.2 Å². The minimum absolute atomic E-state index is 0.120. The second-order valence-corrected chi connectivity index (χ2v) is 4.64. The average Bonchev–Trinajstić information content (AvgIpc) is 2.37. The van der Waals surface area contributed by atoms with Crippen LogP contribution in [0.5, 0.6) is 0 Å². The smallest absolute Gasteiger partial charge is 0.337 e. The molecule has 0 unspecified atom stereocenters. The summed E-state index contributed by atoms with van der Waals surface area (Å²) < 4.78 is 31.6. The lowest BCUT2D eigenvalue weighted by Crippen LogP contribution is -2.45. The van der Waals surface area contributed by atoms with Crippen LogP contribution in [0.15, 0.2) is 29.5 Å². The predicted molar refractivity (Wildman–Crippen MR) is 72.7 cm³/mol. The van der Waals surface area contributed by atoms with Gasteiger partial charge in [0.05, 0.1) is 18.7 Å². The standard InChI is InChI=1S/C13H12F2N2O2S/c1-6-10(12(18)19-2)11(17-13(20)16-6)8-4-3-7(14)5-9(8)15/h3-5,11H,1-2H3,(H2,16,17,20)/t11-/m0/s1. The molecule has 1 aliphatic rings. The summed E-state index contributed by atoms with van der Waals surface area (Å²) in [6, 6.07) is 2.32. The van der Waals surface area contributed by atoms with Gasteiger partial charge in [-0.1, -0.05) is 6.07 Å². The van der Waals surface area contributed by atoms with Crippen molar-refractivity contribution in [1.29, 1.82) is 0 Å². The number of ether oxygens (including phenoxy) is 1. The first-order valence-corrected chi connectivity index (χ1v) is 6.16. The van der Waals surface area contributed by atoms with Gasteiger partial charge in [0.25, 0.3) is 0 Å². The van der Waals surface area contributed by atoms with Crippen molar-refractivity contribution in [2.45, 2.75) is 13.0 Å². The zero-order valence-corrected chi connectivity index (χ0v) is 11.6. The molecule has 1 heterocycles. The van der Waals surface area contributed by atoms with Gasteiger partial charge in [0.2, 0.25) is 0 Å². The third kappa shape index (κ3) is 2.62. The number of halogens is 2. The molecule has 1 aromatic rings. The van der Waals surface area contributed by atoms with Gasteiger partial charge in [-0.2, -0.15) is 0 Å². The van der Waals surface area contributed by atoms with Crippen molar-refractivity contribution in [3.63, 3.8) is 0 Å². The molecule has 20 heavy (non-hydrogen) atoms. The quantitative estimate of drug-likeness (QED) is 0.645. The number of nitrogens with one attached hydrogen (secondary N) is 2. The number of thiocarbonyl (C=S) groups is 1. The van der Waals surface area contributed by atoms with E-state index in [2.05, 4.69) is 10.6 Å². The minimum Gasteiger partial charge on any atom is -0.466 e. The van der Waals surface area contributed by atoms with E-state index in [4.69, 9.17) is 17.0 Å². The Morgan fingerprint density at radius 3 is 2.70 bits per heavy atom. The van der Waals surface area contributed by atoms with Crippen molar-refractivity contribution in [2.24, 2.45) is 0 Å². The highest BCUT2D eigenvalue weighted by molar-refractivity contribution is 7.80. The third-order valence-corrected chi connectivity index (χ3v) is 3.17. The van der Waals surface area contributed by atoms with Crippen LogP contribution in [0.1, 0.15) is 18.5 Å². The van der Waals surface area contributed by atoms with Crippen molar-refractivity contribution >= 4 is 23.3 Å². The van der Waals surface area contributed by atoms with E-state index in [1.165, 1.54) is 13.2 Å². The molecule has 7 heteroatoms. The largest absolute Gasteiger partial charge is 0.466 e. The molecule has 1 atom stereocenters. The van der Waals surface area contributed by atoms with Gasteiger partial charge in [0, 0.05) is 17.3 Å². The molecule has 0 aromatic heterocycles. The van der Waals surface area contributed by atoms with Crippen LogP contribution in [-0.2, 0) is 9.53 Å². The lowest BCUT2D eigenvalue weighted by molar-refractivity contribution is -0.136. The molecule has 1 aromatic carbocycles. The highest BCUT2D eigenvalue weighted by Gasteiger charge is 2.32. The van der Waals surface area contributed by atoms with Crippen LogP contribution in [0.3, 0.4) is 0 Å². The zero-order chi connectivity index (χ0) is 14.9. The van der Waals surface area contributed by atoms with Crippen LogP contribution in [0.2, 0.25) is 0 Å². The first-order valence-electron chi connectivity index (χ1n) is 5.75. The first-order chi connectivity index (χ1) is 9.43. The Labute approximate surface area is 119 Å². The minimum atomic E-state index is -0.822. The second-order valence-electron chi connectivity index (χ2n) is 4.23. The summed E-state index contributed by atoms with van der Waals surface area (Å²) in [5.41, 5.74) is 0.788. The molecule has 106 valence electrons. The normalized spacial score (nSPS) is 18.4. The molecule has 0 saturated carbocycles. The fraction of sp³-hybridized carbons (Fsp3) is 0.231. The summed E-state index contributed by atoms with van der Waals surface area (Å²) in [6.45, 7) is 1.63. The number of carbonyl (C=O) groups excluding carboxylic acids is 1. The molecular weight excluding hydrogens is 286 g/mol. The van der Waals surface area contributed by atoms with Crippen molar-refractivity contribution in [3.05, 3.63) is 46.7 Å². The molecule has 0 fully saturated rings. The summed E-state index contributed by atoms with van der Waals surface area (Å²) in [7, 11) is 1.23. The maximum atomic E-state index is 13.9. The molecule has 2 N–H and O–H groups in total. The molecular formula is C13H12F2N2O2S. The third-order valence-electron chi connectivity index (χ3n) is 2.95. The maximum Gasteiger partial charge on any atom is 0.337 e. The van der Waals surface area contributed by atoms with Gasteiger partial charge in [0.15, 0.2) is 5.11 Å². The number of carbonyl (C=O) groups is 1. The number of methoxy groups -OCH3 is 1. The number of hydrogen-bond acceptors (Lipinski definition) is 3. The Morgan fingerprint density at radius 1 is 1.40 bits per heavy atom. The summed E-state index contributed by atoms with van der Waals surface area (Å²) in [6.07, 6.45) is 0. The van der Waals surface area contributed by atoms with Crippen LogP contribution in [-0.4, -0.2) is 18.2 Å². The summed E-state index contributed by atoms with van der Waals surface area (Å²) in [5, 5.41) is 5.82. The molecule has 4 nitrogen and oxygen atoms in total. The van der Waals surface area contributed by atoms with Crippen LogP contribution in [0.4, 0.5) is 8.78 Å². The van der Waals surface area contributed by atoms with Gasteiger partial charge in [-0.15, -0.1) is 0 Å². The first kappa shape index (κ1) is 14.4. The Balaban J connectivity index is 2.54. The van der Waals surface area contributed by atoms with Crippen molar-refractivity contribution < 1.29 is 18.3 Å². The van der Waals surface area contributed by atoms with E-state index in [9.17, 15) is 13.6 Å². The monoisotopic (exact) mass is 298 g/mol. The summed E-state index contributed by atoms with van der Waals surface area (Å²) >= 11 is 5.00. The Morgan fingerprint density at radius 2 is 2.10 bits per heavy atom. The van der Waals surface area contributed by atoms with Crippen LogP contribution >= 0.6 is 12.2 Å². The van der Waals surface area contributed by atoms with Crippen molar-refractivity contribution in [2.75, 3.05) is 7.11 Å². The van der Waals surface area contributed by atoms with E-state index < -0.39 is 23.6 Å². The number of hydrogen-bond donors (Lipinski definition) is 2. The number of esters is 1. The SMILES string of the molecule is COC(=O)C1=C(C)NC(=S)N[C@H]1c1ccc(F)cc1F. The lowest BCUT2D eigenvalue weighted by Gasteiger charge is -2.29. The number of allylic oxidation sites excluding steroid dienone is 1. The average molecular weight is 298 g/mol. The van der Waals surface area contributed by atoms with Gasteiger partial charge >= 0.3 is 5.97 Å². The lowest BCUT2D eigenvalue weighted by atomic mass is 9.95. The highest BCUT2D eigenvalue weighted by atomic mass is 32.1. The second kappa shape index (κ2) is 5.54. The predicted octanol–water partition coefficient (Wildman–Crippen LogP) is 1.93. The fourth-order valence-corrected chi connectivity index (χ4v) is 2.31. The van der Waals surface area contributed by atoms with E-state index >= 15 is 0 Å². The fourth-order valence-electron chi connectivity index (χ4n) is 2.04. The van der Waals surface area contributed by atoms with E-state index in [0.29, 0.717) is 5.70 Å². The molecule has 0 amide bonds. The topological polar surface area (TPSA) is 50.4 Å². The van der Waals surface area contributed by atoms with Crippen LogP contribution < -0.4 is 10.6 Å².